The molecule has 0 unspecified atom stereocenters. The van der Waals surface area contributed by atoms with Crippen molar-refractivity contribution in [2.24, 2.45) is 0 Å². The Morgan fingerprint density at radius 3 is 2.21 bits per heavy atom. The van der Waals surface area contributed by atoms with E-state index in [0.717, 1.165) is 45.3 Å². The Morgan fingerprint density at radius 2 is 1.84 bits per heavy atom. The van der Waals surface area contributed by atoms with Crippen molar-refractivity contribution in [2.45, 2.75) is 37.9 Å². The summed E-state index contributed by atoms with van der Waals surface area (Å²) >= 11 is 0. The average molecular weight is 282 g/mol. The molecule has 0 spiro atoms. The van der Waals surface area contributed by atoms with Crippen LogP contribution >= 0.6 is 0 Å². The molecule has 2 aliphatic heterocycles. The number of piperidine rings is 1. The SMILES string of the molecule is O=C(O)C(F)(F)F.O=C1CCCN1C1CCNCC1. The molecule has 2 N–H and O–H groups in total. The second-order valence-electron chi connectivity index (χ2n) is 4.47. The molecular weight excluding hydrogens is 265 g/mol. The van der Waals surface area contributed by atoms with Gasteiger partial charge < -0.3 is 15.3 Å². The quantitative estimate of drug-likeness (QED) is 0.752. The van der Waals surface area contributed by atoms with Crippen molar-refractivity contribution >= 4 is 11.9 Å². The molecule has 0 aliphatic carbocycles. The first-order chi connectivity index (χ1) is 8.82. The molecule has 0 atom stereocenters. The Hall–Kier alpha value is -1.31. The van der Waals surface area contributed by atoms with Gasteiger partial charge in [0.2, 0.25) is 5.91 Å². The molecule has 0 saturated carbocycles. The number of nitrogens with zero attached hydrogens (tertiary/aromatic N) is 1. The van der Waals surface area contributed by atoms with Gasteiger partial charge in [0.15, 0.2) is 0 Å². The fraction of sp³-hybridized carbons (Fsp3) is 0.818. The first-order valence-electron chi connectivity index (χ1n) is 6.12. The number of likely N-dealkylation sites (tertiary alicyclic amines) is 1. The number of carbonyl (C=O) groups excluding carboxylic acids is 1. The lowest BCUT2D eigenvalue weighted by atomic mass is 10.1. The molecule has 2 saturated heterocycles. The molecule has 2 rings (SSSR count). The summed E-state index contributed by atoms with van der Waals surface area (Å²) < 4.78 is 31.7. The number of aliphatic carboxylic acids is 1. The molecule has 0 aromatic carbocycles. The number of rotatable bonds is 1. The first kappa shape index (κ1) is 15.7. The standard InChI is InChI=1S/C9H16N2O.C2HF3O2/c12-9-2-1-7-11(9)8-3-5-10-6-4-8;3-2(4,5)1(6)7/h8,10H,1-7H2;(H,6,7). The summed E-state index contributed by atoms with van der Waals surface area (Å²) in [6.07, 6.45) is -0.940. The van der Waals surface area contributed by atoms with Gasteiger partial charge in [0.05, 0.1) is 0 Å². The predicted molar refractivity (Wildman–Crippen MR) is 60.5 cm³/mol. The van der Waals surface area contributed by atoms with Crippen molar-refractivity contribution in [3.8, 4) is 0 Å². The van der Waals surface area contributed by atoms with Crippen LogP contribution in [0.3, 0.4) is 0 Å². The third-order valence-corrected chi connectivity index (χ3v) is 3.10. The van der Waals surface area contributed by atoms with Crippen molar-refractivity contribution in [3.63, 3.8) is 0 Å². The number of halogens is 3. The fourth-order valence-corrected chi connectivity index (χ4v) is 2.17. The number of amides is 1. The number of carboxylic acid groups (broad SMARTS) is 1. The van der Waals surface area contributed by atoms with Crippen LogP contribution in [0.5, 0.6) is 0 Å². The number of hydrogen-bond donors (Lipinski definition) is 2. The number of carbonyl (C=O) groups is 2. The van der Waals surface area contributed by atoms with Gasteiger partial charge in [-0.3, -0.25) is 4.79 Å². The summed E-state index contributed by atoms with van der Waals surface area (Å²) in [5.41, 5.74) is 0. The van der Waals surface area contributed by atoms with E-state index in [0.29, 0.717) is 11.9 Å². The molecule has 0 aromatic rings. The summed E-state index contributed by atoms with van der Waals surface area (Å²) in [6, 6.07) is 0.543. The minimum absolute atomic E-state index is 0.377. The summed E-state index contributed by atoms with van der Waals surface area (Å²) in [6.45, 7) is 3.16. The van der Waals surface area contributed by atoms with Crippen LogP contribution in [0.1, 0.15) is 25.7 Å². The number of hydrogen-bond acceptors (Lipinski definition) is 3. The van der Waals surface area contributed by atoms with Gasteiger partial charge in [0.25, 0.3) is 0 Å². The highest BCUT2D eigenvalue weighted by Gasteiger charge is 2.38. The third-order valence-electron chi connectivity index (χ3n) is 3.10. The van der Waals surface area contributed by atoms with E-state index < -0.39 is 12.1 Å². The third kappa shape index (κ3) is 5.06. The highest BCUT2D eigenvalue weighted by molar-refractivity contribution is 5.78. The maximum absolute atomic E-state index is 11.4. The van der Waals surface area contributed by atoms with E-state index in [1.807, 2.05) is 0 Å². The van der Waals surface area contributed by atoms with Crippen LogP contribution in [0.15, 0.2) is 0 Å². The minimum atomic E-state index is -5.08. The van der Waals surface area contributed by atoms with Crippen LogP contribution in [-0.2, 0) is 9.59 Å². The van der Waals surface area contributed by atoms with E-state index >= 15 is 0 Å². The van der Waals surface area contributed by atoms with Gasteiger partial charge in [-0.05, 0) is 32.4 Å². The highest BCUT2D eigenvalue weighted by Crippen LogP contribution is 2.19. The zero-order valence-electron chi connectivity index (χ0n) is 10.4. The van der Waals surface area contributed by atoms with Crippen molar-refractivity contribution in [3.05, 3.63) is 0 Å². The lowest BCUT2D eigenvalue weighted by Crippen LogP contribution is -2.43. The Labute approximate surface area is 108 Å². The highest BCUT2D eigenvalue weighted by atomic mass is 19.4. The molecule has 2 fully saturated rings. The van der Waals surface area contributed by atoms with Gasteiger partial charge in [0, 0.05) is 19.0 Å². The summed E-state index contributed by atoms with van der Waals surface area (Å²) in [5, 5.41) is 10.4. The summed E-state index contributed by atoms with van der Waals surface area (Å²) in [7, 11) is 0. The van der Waals surface area contributed by atoms with Crippen LogP contribution in [0.2, 0.25) is 0 Å². The van der Waals surface area contributed by atoms with Gasteiger partial charge in [-0.25, -0.2) is 4.79 Å². The molecule has 110 valence electrons. The van der Waals surface area contributed by atoms with Crippen molar-refractivity contribution in [1.29, 1.82) is 0 Å². The van der Waals surface area contributed by atoms with E-state index in [1.54, 1.807) is 0 Å². The maximum atomic E-state index is 11.4. The average Bonchev–Trinajstić information content (AvgIpc) is 2.76. The molecule has 5 nitrogen and oxygen atoms in total. The van der Waals surface area contributed by atoms with Gasteiger partial charge in [-0.15, -0.1) is 0 Å². The number of carboxylic acids is 1. The van der Waals surface area contributed by atoms with Crippen LogP contribution in [-0.4, -0.2) is 53.7 Å². The molecule has 8 heteroatoms. The van der Waals surface area contributed by atoms with Crippen LogP contribution in [0, 0.1) is 0 Å². The van der Waals surface area contributed by atoms with Crippen LogP contribution in [0.4, 0.5) is 13.2 Å². The van der Waals surface area contributed by atoms with Gasteiger partial charge in [-0.2, -0.15) is 13.2 Å². The Bertz CT molecular complexity index is 328. The smallest absolute Gasteiger partial charge is 0.475 e. The Balaban J connectivity index is 0.000000224. The molecule has 2 aliphatic rings. The van der Waals surface area contributed by atoms with Gasteiger partial charge >= 0.3 is 12.1 Å². The number of nitrogens with one attached hydrogen (secondary N) is 1. The summed E-state index contributed by atoms with van der Waals surface area (Å²) in [4.78, 5) is 22.4. The van der Waals surface area contributed by atoms with Gasteiger partial charge in [0.1, 0.15) is 0 Å². The normalized spacial score (nSPS) is 21.0. The predicted octanol–water partition coefficient (Wildman–Crippen LogP) is 0.994. The van der Waals surface area contributed by atoms with E-state index in [1.165, 1.54) is 0 Å². The lowest BCUT2D eigenvalue weighted by Gasteiger charge is -2.31. The van der Waals surface area contributed by atoms with E-state index in [9.17, 15) is 18.0 Å². The topological polar surface area (TPSA) is 69.6 Å². The second-order valence-corrected chi connectivity index (χ2v) is 4.47. The maximum Gasteiger partial charge on any atom is 0.490 e. The van der Waals surface area contributed by atoms with E-state index in [4.69, 9.17) is 9.90 Å². The van der Waals surface area contributed by atoms with Crippen LogP contribution < -0.4 is 5.32 Å². The molecule has 0 radical (unpaired) electrons. The molecule has 0 bridgehead atoms. The monoisotopic (exact) mass is 282 g/mol. The Morgan fingerprint density at radius 1 is 1.32 bits per heavy atom. The fourth-order valence-electron chi connectivity index (χ4n) is 2.17. The molecule has 19 heavy (non-hydrogen) atoms. The van der Waals surface area contributed by atoms with Crippen molar-refractivity contribution in [1.82, 2.24) is 10.2 Å². The van der Waals surface area contributed by atoms with Gasteiger partial charge in [-0.1, -0.05) is 0 Å². The molecule has 0 aromatic heterocycles. The van der Waals surface area contributed by atoms with Crippen LogP contribution in [0.25, 0.3) is 0 Å². The number of alkyl halides is 3. The molecule has 2 heterocycles. The minimum Gasteiger partial charge on any atom is -0.475 e. The van der Waals surface area contributed by atoms with Crippen molar-refractivity contribution < 1.29 is 27.9 Å². The van der Waals surface area contributed by atoms with E-state index in [-0.39, 0.29) is 0 Å². The molecule has 1 amide bonds. The Kier molecular flexibility index (Phi) is 5.59. The zero-order valence-corrected chi connectivity index (χ0v) is 10.4. The second kappa shape index (κ2) is 6.74. The largest absolute Gasteiger partial charge is 0.490 e. The summed E-state index contributed by atoms with van der Waals surface area (Å²) in [5.74, 6) is -2.38. The zero-order chi connectivity index (χ0) is 14.5. The molecular formula is C11H17F3N2O3. The van der Waals surface area contributed by atoms with E-state index in [2.05, 4.69) is 10.2 Å². The first-order valence-corrected chi connectivity index (χ1v) is 6.12. The lowest BCUT2D eigenvalue weighted by molar-refractivity contribution is -0.192. The van der Waals surface area contributed by atoms with Crippen molar-refractivity contribution in [2.75, 3.05) is 19.6 Å².